The molecule has 2 aliphatic heterocycles. The highest BCUT2D eigenvalue weighted by Crippen LogP contribution is 2.40. The third-order valence-corrected chi connectivity index (χ3v) is 4.76. The Balaban J connectivity index is 1.62. The number of hydrogen-bond acceptors (Lipinski definition) is 2. The molecule has 2 saturated heterocycles. The van der Waals surface area contributed by atoms with E-state index in [1.807, 2.05) is 4.90 Å². The van der Waals surface area contributed by atoms with Gasteiger partial charge in [-0.05, 0) is 32.1 Å². The molecule has 0 aromatic carbocycles. The van der Waals surface area contributed by atoms with Crippen molar-refractivity contribution in [3.05, 3.63) is 0 Å². The van der Waals surface area contributed by atoms with Crippen LogP contribution >= 0.6 is 0 Å². The summed E-state index contributed by atoms with van der Waals surface area (Å²) in [6.45, 7) is 1.74. The van der Waals surface area contributed by atoms with E-state index >= 15 is 0 Å². The number of nitrogens with one attached hydrogen (secondary N) is 1. The van der Waals surface area contributed by atoms with Crippen LogP contribution in [-0.2, 0) is 4.79 Å². The molecule has 3 rings (SSSR count). The van der Waals surface area contributed by atoms with Crippen LogP contribution in [0.1, 0.15) is 32.1 Å². The number of halogens is 2. The summed E-state index contributed by atoms with van der Waals surface area (Å²) in [6, 6.07) is 0.603. The van der Waals surface area contributed by atoms with Crippen molar-refractivity contribution in [1.82, 2.24) is 10.2 Å². The van der Waals surface area contributed by atoms with Gasteiger partial charge in [0.05, 0.1) is 0 Å². The van der Waals surface area contributed by atoms with E-state index in [1.165, 1.54) is 6.42 Å². The van der Waals surface area contributed by atoms with E-state index in [2.05, 4.69) is 5.32 Å². The van der Waals surface area contributed by atoms with E-state index in [1.54, 1.807) is 0 Å². The van der Waals surface area contributed by atoms with Crippen molar-refractivity contribution in [3.63, 3.8) is 0 Å². The molecule has 18 heavy (non-hydrogen) atoms. The average Bonchev–Trinajstić information content (AvgIpc) is 2.25. The minimum absolute atomic E-state index is 0.134. The van der Waals surface area contributed by atoms with E-state index in [-0.39, 0.29) is 11.8 Å². The van der Waals surface area contributed by atoms with Gasteiger partial charge in [0.25, 0.3) is 0 Å². The van der Waals surface area contributed by atoms with Gasteiger partial charge in [-0.2, -0.15) is 0 Å². The Kier molecular flexibility index (Phi) is 3.26. The second-order valence-corrected chi connectivity index (χ2v) is 5.91. The van der Waals surface area contributed by atoms with Gasteiger partial charge in [-0.25, -0.2) is 8.78 Å². The van der Waals surface area contributed by atoms with Crippen LogP contribution in [0.15, 0.2) is 0 Å². The van der Waals surface area contributed by atoms with Crippen LogP contribution in [0.5, 0.6) is 0 Å². The van der Waals surface area contributed by atoms with Gasteiger partial charge in [0.2, 0.25) is 12.3 Å². The summed E-state index contributed by atoms with van der Waals surface area (Å²) >= 11 is 0. The molecule has 3 fully saturated rings. The molecule has 5 heteroatoms. The van der Waals surface area contributed by atoms with Crippen LogP contribution in [0.2, 0.25) is 0 Å². The fourth-order valence-corrected chi connectivity index (χ4v) is 3.62. The highest BCUT2D eigenvalue weighted by Gasteiger charge is 2.45. The number of fused-ring (bicyclic) bond motifs is 2. The molecule has 2 bridgehead atoms. The van der Waals surface area contributed by atoms with E-state index in [0.717, 1.165) is 25.9 Å². The molecular weight excluding hydrogens is 238 g/mol. The zero-order valence-corrected chi connectivity index (χ0v) is 10.4. The van der Waals surface area contributed by atoms with Crippen molar-refractivity contribution in [2.75, 3.05) is 13.1 Å². The second-order valence-electron chi connectivity index (χ2n) is 5.91. The molecule has 1 amide bonds. The highest BCUT2D eigenvalue weighted by atomic mass is 19.3. The van der Waals surface area contributed by atoms with Gasteiger partial charge in [-0.3, -0.25) is 4.79 Å². The topological polar surface area (TPSA) is 32.3 Å². The van der Waals surface area contributed by atoms with Crippen LogP contribution in [0, 0.1) is 11.8 Å². The lowest BCUT2D eigenvalue weighted by atomic mass is 9.73. The van der Waals surface area contributed by atoms with E-state index in [4.69, 9.17) is 0 Å². The van der Waals surface area contributed by atoms with Gasteiger partial charge in [0.1, 0.15) is 0 Å². The fraction of sp³-hybridized carbons (Fsp3) is 0.923. The Morgan fingerprint density at radius 3 is 2.33 bits per heavy atom. The van der Waals surface area contributed by atoms with E-state index in [9.17, 15) is 13.6 Å². The predicted octanol–water partition coefficient (Wildman–Crippen LogP) is 1.63. The zero-order chi connectivity index (χ0) is 12.7. The van der Waals surface area contributed by atoms with E-state index in [0.29, 0.717) is 24.9 Å². The third kappa shape index (κ3) is 2.02. The maximum Gasteiger partial charge on any atom is 0.241 e. The van der Waals surface area contributed by atoms with E-state index < -0.39 is 12.3 Å². The number of carbonyl (C=O) groups excluding carboxylic acids is 1. The molecule has 0 aromatic rings. The highest BCUT2D eigenvalue weighted by molar-refractivity contribution is 5.80. The number of hydrogen-bond donors (Lipinski definition) is 1. The summed E-state index contributed by atoms with van der Waals surface area (Å²) < 4.78 is 24.9. The SMILES string of the molecule is O=C(C1CC(C(F)F)C1)N1C2CCCC1CNC2. The Hall–Kier alpha value is -0.710. The van der Waals surface area contributed by atoms with Crippen molar-refractivity contribution < 1.29 is 13.6 Å². The molecular formula is C13H20F2N2O. The largest absolute Gasteiger partial charge is 0.334 e. The van der Waals surface area contributed by atoms with Crippen molar-refractivity contribution >= 4 is 5.91 Å². The number of rotatable bonds is 2. The quantitative estimate of drug-likeness (QED) is 0.816. The summed E-state index contributed by atoms with van der Waals surface area (Å²) in [7, 11) is 0. The molecule has 1 saturated carbocycles. The third-order valence-electron chi connectivity index (χ3n) is 4.76. The number of nitrogens with zero attached hydrogens (tertiary/aromatic N) is 1. The van der Waals surface area contributed by atoms with Crippen molar-refractivity contribution in [1.29, 1.82) is 0 Å². The van der Waals surface area contributed by atoms with Gasteiger partial charge < -0.3 is 10.2 Å². The second kappa shape index (κ2) is 4.76. The Labute approximate surface area is 106 Å². The molecule has 3 aliphatic rings. The zero-order valence-electron chi connectivity index (χ0n) is 10.4. The van der Waals surface area contributed by atoms with Crippen molar-refractivity contribution in [2.24, 2.45) is 11.8 Å². The molecule has 0 radical (unpaired) electrons. The first-order chi connectivity index (χ1) is 8.66. The number of amides is 1. The Morgan fingerprint density at radius 1 is 1.17 bits per heavy atom. The number of alkyl halides is 2. The molecule has 102 valence electrons. The maximum atomic E-state index is 12.5. The minimum atomic E-state index is -2.25. The molecule has 0 aromatic heterocycles. The molecule has 1 aliphatic carbocycles. The molecule has 1 N–H and O–H groups in total. The van der Waals surface area contributed by atoms with Crippen LogP contribution in [0.4, 0.5) is 8.78 Å². The molecule has 2 atom stereocenters. The smallest absolute Gasteiger partial charge is 0.241 e. The maximum absolute atomic E-state index is 12.5. The fourth-order valence-electron chi connectivity index (χ4n) is 3.62. The van der Waals surface area contributed by atoms with Gasteiger partial charge >= 0.3 is 0 Å². The lowest BCUT2D eigenvalue weighted by Gasteiger charge is -2.49. The first-order valence-corrected chi connectivity index (χ1v) is 6.98. The number of piperidine rings is 1. The van der Waals surface area contributed by atoms with Crippen molar-refractivity contribution in [3.8, 4) is 0 Å². The first kappa shape index (κ1) is 12.3. The monoisotopic (exact) mass is 258 g/mol. The van der Waals surface area contributed by atoms with Crippen molar-refractivity contribution in [2.45, 2.75) is 50.6 Å². The Morgan fingerprint density at radius 2 is 1.78 bits per heavy atom. The number of carbonyl (C=O) groups is 1. The van der Waals surface area contributed by atoms with Crippen LogP contribution in [0.3, 0.4) is 0 Å². The molecule has 3 nitrogen and oxygen atoms in total. The van der Waals surface area contributed by atoms with Gasteiger partial charge in [0, 0.05) is 37.0 Å². The lowest BCUT2D eigenvalue weighted by Crippen LogP contribution is -2.63. The van der Waals surface area contributed by atoms with Gasteiger partial charge in [-0.15, -0.1) is 0 Å². The van der Waals surface area contributed by atoms with Crippen LogP contribution in [0.25, 0.3) is 0 Å². The standard InChI is InChI=1S/C13H20F2N2O/c14-12(15)8-4-9(5-8)13(18)17-10-2-1-3-11(17)7-16-6-10/h8-12,16H,1-7H2. The van der Waals surface area contributed by atoms with Gasteiger partial charge in [0.15, 0.2) is 0 Å². The summed E-state index contributed by atoms with van der Waals surface area (Å²) in [4.78, 5) is 14.4. The minimum Gasteiger partial charge on any atom is -0.334 e. The van der Waals surface area contributed by atoms with Crippen LogP contribution in [-0.4, -0.2) is 42.4 Å². The number of piperazine rings is 1. The summed E-state index contributed by atoms with van der Waals surface area (Å²) in [5.41, 5.74) is 0. The first-order valence-electron chi connectivity index (χ1n) is 6.98. The normalized spacial score (nSPS) is 39.6. The predicted molar refractivity (Wildman–Crippen MR) is 63.4 cm³/mol. The average molecular weight is 258 g/mol. The lowest BCUT2D eigenvalue weighted by molar-refractivity contribution is -0.151. The van der Waals surface area contributed by atoms with Crippen LogP contribution < -0.4 is 5.32 Å². The molecule has 0 spiro atoms. The Bertz CT molecular complexity index is 309. The summed E-state index contributed by atoms with van der Waals surface area (Å²) in [5, 5.41) is 3.36. The van der Waals surface area contributed by atoms with Gasteiger partial charge in [-0.1, -0.05) is 0 Å². The molecule has 2 heterocycles. The summed E-state index contributed by atoms with van der Waals surface area (Å²) in [6.07, 6.45) is 1.82. The molecule has 2 unspecified atom stereocenters. The summed E-state index contributed by atoms with van der Waals surface area (Å²) in [5.74, 6) is -0.532.